The number of hydrogen-bond acceptors (Lipinski definition) is 4. The summed E-state index contributed by atoms with van der Waals surface area (Å²) in [6, 6.07) is 0. The van der Waals surface area contributed by atoms with Gasteiger partial charge in [0.2, 0.25) is 0 Å². The van der Waals surface area contributed by atoms with E-state index in [0.29, 0.717) is 0 Å². The van der Waals surface area contributed by atoms with Crippen LogP contribution in [0.1, 0.15) is 32.4 Å². The molecule has 0 aliphatic heterocycles. The topological polar surface area (TPSA) is 63.8 Å². The molecule has 0 aliphatic rings. The largest absolute Gasteiger partial charge is 0.367 e. The van der Waals surface area contributed by atoms with E-state index in [1.54, 1.807) is 12.4 Å². The molecule has 0 amide bonds. The summed E-state index contributed by atoms with van der Waals surface area (Å²) >= 11 is 0. The Kier molecular flexibility index (Phi) is 4.03. The van der Waals surface area contributed by atoms with Crippen molar-refractivity contribution < 1.29 is 0 Å². The van der Waals surface area contributed by atoms with Crippen LogP contribution in [0.4, 0.5) is 5.82 Å². The summed E-state index contributed by atoms with van der Waals surface area (Å²) in [7, 11) is 0. The van der Waals surface area contributed by atoms with Gasteiger partial charge < -0.3 is 11.1 Å². The molecule has 0 unspecified atom stereocenters. The first-order valence-corrected chi connectivity index (χ1v) is 5.41. The monoisotopic (exact) mass is 208 g/mol. The van der Waals surface area contributed by atoms with Crippen LogP contribution < -0.4 is 11.1 Å². The second-order valence-corrected chi connectivity index (χ2v) is 3.91. The van der Waals surface area contributed by atoms with Crippen LogP contribution in [0.15, 0.2) is 12.4 Å². The van der Waals surface area contributed by atoms with Gasteiger partial charge in [0.05, 0.1) is 5.69 Å². The van der Waals surface area contributed by atoms with Crippen LogP contribution in [0, 0.1) is 6.92 Å². The van der Waals surface area contributed by atoms with E-state index in [1.807, 2.05) is 6.92 Å². The predicted molar refractivity (Wildman–Crippen MR) is 62.8 cm³/mol. The molecule has 15 heavy (non-hydrogen) atoms. The Hall–Kier alpha value is -1.16. The lowest BCUT2D eigenvalue weighted by Crippen LogP contribution is -2.45. The molecule has 0 radical (unpaired) electrons. The van der Waals surface area contributed by atoms with Gasteiger partial charge in [-0.3, -0.25) is 4.98 Å². The lowest BCUT2D eigenvalue weighted by atomic mass is 9.94. The van der Waals surface area contributed by atoms with Crippen LogP contribution in [-0.4, -0.2) is 22.1 Å². The van der Waals surface area contributed by atoms with Gasteiger partial charge in [0.15, 0.2) is 0 Å². The number of nitrogens with two attached hydrogens (primary N) is 1. The fourth-order valence-corrected chi connectivity index (χ4v) is 1.34. The van der Waals surface area contributed by atoms with E-state index in [9.17, 15) is 0 Å². The number of rotatable bonds is 5. The van der Waals surface area contributed by atoms with Gasteiger partial charge in [0, 0.05) is 24.5 Å². The fraction of sp³-hybridized carbons (Fsp3) is 0.636. The molecule has 0 saturated carbocycles. The molecular weight excluding hydrogens is 188 g/mol. The summed E-state index contributed by atoms with van der Waals surface area (Å²) in [4.78, 5) is 8.39. The number of hydrogen-bond donors (Lipinski definition) is 2. The average molecular weight is 208 g/mol. The third-order valence-corrected chi connectivity index (χ3v) is 2.90. The SMILES string of the molecule is CCC(N)(CC)CNc1nccnc1C. The van der Waals surface area contributed by atoms with Crippen molar-refractivity contribution in [3.05, 3.63) is 18.1 Å². The fourth-order valence-electron chi connectivity index (χ4n) is 1.34. The van der Waals surface area contributed by atoms with Crippen LogP contribution in [0.25, 0.3) is 0 Å². The second kappa shape index (κ2) is 5.07. The first-order chi connectivity index (χ1) is 7.11. The maximum Gasteiger partial charge on any atom is 0.147 e. The molecule has 0 atom stereocenters. The summed E-state index contributed by atoms with van der Waals surface area (Å²) in [5, 5.41) is 3.26. The molecule has 0 aliphatic carbocycles. The van der Waals surface area contributed by atoms with Crippen LogP contribution in [0.5, 0.6) is 0 Å². The summed E-state index contributed by atoms with van der Waals surface area (Å²) in [5.41, 5.74) is 6.94. The highest BCUT2D eigenvalue weighted by Gasteiger charge is 2.20. The quantitative estimate of drug-likeness (QED) is 0.773. The van der Waals surface area contributed by atoms with Gasteiger partial charge in [-0.2, -0.15) is 0 Å². The molecule has 0 bridgehead atoms. The molecule has 3 N–H and O–H groups in total. The predicted octanol–water partition coefficient (Wildman–Crippen LogP) is 1.71. The third-order valence-electron chi connectivity index (χ3n) is 2.90. The van der Waals surface area contributed by atoms with Crippen molar-refractivity contribution in [1.82, 2.24) is 9.97 Å². The van der Waals surface area contributed by atoms with Gasteiger partial charge in [0.1, 0.15) is 5.82 Å². The molecule has 1 aromatic heterocycles. The molecule has 0 spiro atoms. The smallest absolute Gasteiger partial charge is 0.147 e. The summed E-state index contributed by atoms with van der Waals surface area (Å²) in [6.45, 7) is 6.88. The number of anilines is 1. The number of nitrogens with zero attached hydrogens (tertiary/aromatic N) is 2. The van der Waals surface area contributed by atoms with Crippen molar-refractivity contribution in [2.75, 3.05) is 11.9 Å². The molecular formula is C11H20N4. The first kappa shape index (κ1) is 11.9. The van der Waals surface area contributed by atoms with E-state index < -0.39 is 0 Å². The molecule has 0 aromatic carbocycles. The van der Waals surface area contributed by atoms with Crippen LogP contribution >= 0.6 is 0 Å². The van der Waals surface area contributed by atoms with E-state index >= 15 is 0 Å². The van der Waals surface area contributed by atoms with Crippen LogP contribution in [0.3, 0.4) is 0 Å². The average Bonchev–Trinajstić information content (AvgIpc) is 2.28. The molecule has 1 heterocycles. The molecule has 1 aromatic rings. The molecule has 0 saturated heterocycles. The standard InChI is InChI=1S/C11H20N4/c1-4-11(12,5-2)8-15-10-9(3)13-6-7-14-10/h6-7H,4-5,8,12H2,1-3H3,(H,14,15). The van der Waals surface area contributed by atoms with Crippen LogP contribution in [-0.2, 0) is 0 Å². The van der Waals surface area contributed by atoms with Crippen molar-refractivity contribution in [3.63, 3.8) is 0 Å². The number of aromatic nitrogens is 2. The van der Waals surface area contributed by atoms with Crippen molar-refractivity contribution in [1.29, 1.82) is 0 Å². The van der Waals surface area contributed by atoms with Crippen LogP contribution in [0.2, 0.25) is 0 Å². The van der Waals surface area contributed by atoms with Gasteiger partial charge in [-0.15, -0.1) is 0 Å². The number of aryl methyl sites for hydroxylation is 1. The zero-order valence-electron chi connectivity index (χ0n) is 9.75. The molecule has 4 nitrogen and oxygen atoms in total. The van der Waals surface area contributed by atoms with E-state index in [4.69, 9.17) is 5.73 Å². The van der Waals surface area contributed by atoms with Gasteiger partial charge in [-0.25, -0.2) is 4.98 Å². The van der Waals surface area contributed by atoms with Crippen molar-refractivity contribution in [3.8, 4) is 0 Å². The maximum absolute atomic E-state index is 6.18. The Morgan fingerprint density at radius 1 is 1.27 bits per heavy atom. The highest BCUT2D eigenvalue weighted by atomic mass is 15.0. The Morgan fingerprint density at radius 2 is 1.87 bits per heavy atom. The molecule has 0 fully saturated rings. The highest BCUT2D eigenvalue weighted by Crippen LogP contribution is 2.13. The van der Waals surface area contributed by atoms with E-state index in [-0.39, 0.29) is 5.54 Å². The zero-order chi connectivity index (χ0) is 11.3. The first-order valence-electron chi connectivity index (χ1n) is 5.41. The van der Waals surface area contributed by atoms with E-state index in [1.165, 1.54) is 0 Å². The van der Waals surface area contributed by atoms with E-state index in [0.717, 1.165) is 30.9 Å². The van der Waals surface area contributed by atoms with Gasteiger partial charge in [-0.05, 0) is 19.8 Å². The summed E-state index contributed by atoms with van der Waals surface area (Å²) in [6.07, 6.45) is 5.28. The molecule has 4 heteroatoms. The highest BCUT2D eigenvalue weighted by molar-refractivity contribution is 5.38. The lowest BCUT2D eigenvalue weighted by molar-refractivity contribution is 0.417. The summed E-state index contributed by atoms with van der Waals surface area (Å²) in [5.74, 6) is 0.828. The number of nitrogens with one attached hydrogen (secondary N) is 1. The Labute approximate surface area is 91.3 Å². The second-order valence-electron chi connectivity index (χ2n) is 3.91. The normalized spacial score (nSPS) is 11.5. The van der Waals surface area contributed by atoms with Crippen molar-refractivity contribution in [2.24, 2.45) is 5.73 Å². The molecule has 1 rings (SSSR count). The third kappa shape index (κ3) is 3.16. The minimum Gasteiger partial charge on any atom is -0.367 e. The Bertz CT molecular complexity index is 307. The Balaban J connectivity index is 2.61. The van der Waals surface area contributed by atoms with Crippen molar-refractivity contribution >= 4 is 5.82 Å². The van der Waals surface area contributed by atoms with Gasteiger partial charge in [-0.1, -0.05) is 13.8 Å². The van der Waals surface area contributed by atoms with Gasteiger partial charge in [0.25, 0.3) is 0 Å². The Morgan fingerprint density at radius 3 is 2.40 bits per heavy atom. The minimum atomic E-state index is -0.149. The minimum absolute atomic E-state index is 0.149. The van der Waals surface area contributed by atoms with E-state index in [2.05, 4.69) is 29.1 Å². The van der Waals surface area contributed by atoms with Crippen molar-refractivity contribution in [2.45, 2.75) is 39.2 Å². The summed E-state index contributed by atoms with van der Waals surface area (Å²) < 4.78 is 0. The van der Waals surface area contributed by atoms with Gasteiger partial charge >= 0.3 is 0 Å². The maximum atomic E-state index is 6.18. The zero-order valence-corrected chi connectivity index (χ0v) is 9.75. The lowest BCUT2D eigenvalue weighted by Gasteiger charge is -2.27. The molecule has 84 valence electrons.